The maximum Gasteiger partial charge on any atom is 0.305 e. The molecule has 1 aliphatic heterocycles. The average Bonchev–Trinajstić information content (AvgIpc) is 2.83. The van der Waals surface area contributed by atoms with Crippen LogP contribution in [0, 0.1) is 0 Å². The molecule has 1 unspecified atom stereocenters. The van der Waals surface area contributed by atoms with Crippen molar-refractivity contribution in [2.75, 3.05) is 26.1 Å². The molecule has 17 heavy (non-hydrogen) atoms. The SMILES string of the molecule is COCCCOC(=O)CCCCC1CCSS1. The Kier molecular flexibility index (Phi) is 9.01. The number of unbranched alkanes of at least 4 members (excludes halogenated alkanes) is 1. The zero-order chi connectivity index (χ0) is 12.3. The zero-order valence-electron chi connectivity index (χ0n) is 10.5. The van der Waals surface area contributed by atoms with E-state index < -0.39 is 0 Å². The first-order valence-corrected chi connectivity index (χ1v) is 8.64. The third kappa shape index (κ3) is 7.95. The van der Waals surface area contributed by atoms with Gasteiger partial charge in [-0.3, -0.25) is 4.79 Å². The van der Waals surface area contributed by atoms with E-state index in [-0.39, 0.29) is 5.97 Å². The van der Waals surface area contributed by atoms with Gasteiger partial charge in [0.15, 0.2) is 0 Å². The summed E-state index contributed by atoms with van der Waals surface area (Å²) in [6.07, 6.45) is 6.04. The van der Waals surface area contributed by atoms with Gasteiger partial charge < -0.3 is 9.47 Å². The molecule has 5 heteroatoms. The Bertz CT molecular complexity index is 206. The van der Waals surface area contributed by atoms with Crippen molar-refractivity contribution in [1.29, 1.82) is 0 Å². The van der Waals surface area contributed by atoms with Gasteiger partial charge in [-0.1, -0.05) is 28.0 Å². The number of hydrogen-bond acceptors (Lipinski definition) is 5. The minimum Gasteiger partial charge on any atom is -0.466 e. The Morgan fingerprint density at radius 2 is 2.18 bits per heavy atom. The summed E-state index contributed by atoms with van der Waals surface area (Å²) in [5, 5.41) is 0.817. The van der Waals surface area contributed by atoms with Gasteiger partial charge in [-0.15, -0.1) is 0 Å². The second-order valence-corrected chi connectivity index (χ2v) is 6.93. The Balaban J connectivity index is 1.85. The third-order valence-electron chi connectivity index (χ3n) is 2.64. The summed E-state index contributed by atoms with van der Waals surface area (Å²) >= 11 is 0. The highest BCUT2D eigenvalue weighted by Crippen LogP contribution is 2.39. The van der Waals surface area contributed by atoms with Gasteiger partial charge in [0.25, 0.3) is 0 Å². The van der Waals surface area contributed by atoms with Gasteiger partial charge in [0.05, 0.1) is 6.61 Å². The molecule has 1 saturated heterocycles. The van der Waals surface area contributed by atoms with Crippen LogP contribution in [0.1, 0.15) is 38.5 Å². The zero-order valence-corrected chi connectivity index (χ0v) is 12.1. The van der Waals surface area contributed by atoms with Crippen molar-refractivity contribution in [3.8, 4) is 0 Å². The first-order chi connectivity index (χ1) is 8.33. The number of carbonyl (C=O) groups excluding carboxylic acids is 1. The van der Waals surface area contributed by atoms with Crippen LogP contribution in [-0.4, -0.2) is 37.3 Å². The Morgan fingerprint density at radius 1 is 1.29 bits per heavy atom. The highest BCUT2D eigenvalue weighted by molar-refractivity contribution is 8.77. The Hall–Kier alpha value is 0.130. The number of esters is 1. The van der Waals surface area contributed by atoms with Crippen molar-refractivity contribution in [2.45, 2.75) is 43.8 Å². The van der Waals surface area contributed by atoms with Crippen LogP contribution in [0.2, 0.25) is 0 Å². The van der Waals surface area contributed by atoms with Gasteiger partial charge in [-0.2, -0.15) is 0 Å². The van der Waals surface area contributed by atoms with E-state index in [2.05, 4.69) is 0 Å². The number of hydrogen-bond donors (Lipinski definition) is 0. The second kappa shape index (κ2) is 10.1. The van der Waals surface area contributed by atoms with E-state index in [0.29, 0.717) is 19.6 Å². The molecule has 0 radical (unpaired) electrons. The molecule has 1 fully saturated rings. The molecule has 0 bridgehead atoms. The molecule has 0 aromatic rings. The predicted octanol–water partition coefficient (Wildman–Crippen LogP) is 3.28. The van der Waals surface area contributed by atoms with Crippen LogP contribution >= 0.6 is 21.6 Å². The van der Waals surface area contributed by atoms with E-state index in [9.17, 15) is 4.79 Å². The molecule has 1 atom stereocenters. The van der Waals surface area contributed by atoms with Crippen LogP contribution in [0.3, 0.4) is 0 Å². The molecule has 0 spiro atoms. The van der Waals surface area contributed by atoms with Crippen molar-refractivity contribution >= 4 is 27.6 Å². The monoisotopic (exact) mass is 278 g/mol. The molecule has 0 N–H and O–H groups in total. The standard InChI is InChI=1S/C12H22O3S2/c1-14-8-4-9-15-12(13)6-3-2-5-11-7-10-16-17-11/h11H,2-10H2,1H3. The van der Waals surface area contributed by atoms with Crippen molar-refractivity contribution < 1.29 is 14.3 Å². The van der Waals surface area contributed by atoms with E-state index in [0.717, 1.165) is 24.5 Å². The van der Waals surface area contributed by atoms with Crippen LogP contribution in [0.15, 0.2) is 0 Å². The fourth-order valence-corrected chi connectivity index (χ4v) is 4.69. The first-order valence-electron chi connectivity index (χ1n) is 6.25. The lowest BCUT2D eigenvalue weighted by atomic mass is 10.1. The van der Waals surface area contributed by atoms with E-state index >= 15 is 0 Å². The summed E-state index contributed by atoms with van der Waals surface area (Å²) in [6.45, 7) is 1.14. The van der Waals surface area contributed by atoms with E-state index in [1.54, 1.807) is 7.11 Å². The van der Waals surface area contributed by atoms with Crippen molar-refractivity contribution in [2.24, 2.45) is 0 Å². The van der Waals surface area contributed by atoms with Gasteiger partial charge in [-0.05, 0) is 19.3 Å². The summed E-state index contributed by atoms with van der Waals surface area (Å²) < 4.78 is 9.97. The van der Waals surface area contributed by atoms with E-state index in [4.69, 9.17) is 9.47 Å². The van der Waals surface area contributed by atoms with Crippen LogP contribution in [0.4, 0.5) is 0 Å². The molecular weight excluding hydrogens is 256 g/mol. The fourth-order valence-electron chi connectivity index (χ4n) is 1.67. The predicted molar refractivity (Wildman–Crippen MR) is 74.4 cm³/mol. The van der Waals surface area contributed by atoms with E-state index in [1.807, 2.05) is 21.6 Å². The Morgan fingerprint density at radius 3 is 2.88 bits per heavy atom. The normalized spacial score (nSPS) is 19.5. The van der Waals surface area contributed by atoms with Crippen molar-refractivity contribution in [3.05, 3.63) is 0 Å². The van der Waals surface area contributed by atoms with Crippen molar-refractivity contribution in [1.82, 2.24) is 0 Å². The maximum absolute atomic E-state index is 11.3. The minimum atomic E-state index is -0.0606. The first kappa shape index (κ1) is 15.2. The lowest BCUT2D eigenvalue weighted by Crippen LogP contribution is -2.07. The minimum absolute atomic E-state index is 0.0606. The van der Waals surface area contributed by atoms with Crippen LogP contribution < -0.4 is 0 Å². The summed E-state index contributed by atoms with van der Waals surface area (Å²) in [5.74, 6) is 1.23. The van der Waals surface area contributed by atoms with Gasteiger partial charge in [0, 0.05) is 37.6 Å². The molecule has 0 amide bonds. The Labute approximate surface area is 112 Å². The average molecular weight is 278 g/mol. The summed E-state index contributed by atoms with van der Waals surface area (Å²) in [5.41, 5.74) is 0. The van der Waals surface area contributed by atoms with Gasteiger partial charge in [0.2, 0.25) is 0 Å². The summed E-state index contributed by atoms with van der Waals surface area (Å²) in [4.78, 5) is 11.3. The smallest absolute Gasteiger partial charge is 0.305 e. The molecule has 3 nitrogen and oxygen atoms in total. The van der Waals surface area contributed by atoms with Crippen molar-refractivity contribution in [3.63, 3.8) is 0 Å². The highest BCUT2D eigenvalue weighted by atomic mass is 33.1. The molecule has 0 aliphatic carbocycles. The van der Waals surface area contributed by atoms with Gasteiger partial charge >= 0.3 is 5.97 Å². The molecule has 100 valence electrons. The third-order valence-corrected chi connectivity index (χ3v) is 5.65. The van der Waals surface area contributed by atoms with Crippen LogP contribution in [0.25, 0.3) is 0 Å². The number of carbonyl (C=O) groups is 1. The molecule has 1 heterocycles. The molecular formula is C12H22O3S2. The maximum atomic E-state index is 11.3. The highest BCUT2D eigenvalue weighted by Gasteiger charge is 2.15. The van der Waals surface area contributed by atoms with Gasteiger partial charge in [-0.25, -0.2) is 0 Å². The topological polar surface area (TPSA) is 35.5 Å². The second-order valence-electron chi connectivity index (χ2n) is 4.14. The lowest BCUT2D eigenvalue weighted by Gasteiger charge is -2.07. The molecule has 1 aliphatic rings. The number of methoxy groups -OCH3 is 1. The molecule has 0 aromatic heterocycles. The fraction of sp³-hybridized carbons (Fsp3) is 0.917. The van der Waals surface area contributed by atoms with Crippen LogP contribution in [-0.2, 0) is 14.3 Å². The summed E-state index contributed by atoms with van der Waals surface area (Å²) in [6, 6.07) is 0. The van der Waals surface area contributed by atoms with Crippen LogP contribution in [0.5, 0.6) is 0 Å². The lowest BCUT2D eigenvalue weighted by molar-refractivity contribution is -0.144. The molecule has 0 saturated carbocycles. The largest absolute Gasteiger partial charge is 0.466 e. The molecule has 0 aromatic carbocycles. The number of rotatable bonds is 9. The number of ether oxygens (including phenoxy) is 2. The van der Waals surface area contributed by atoms with E-state index in [1.165, 1.54) is 18.6 Å². The van der Waals surface area contributed by atoms with Gasteiger partial charge in [0.1, 0.15) is 0 Å². The quantitative estimate of drug-likeness (QED) is 0.367. The molecule has 1 rings (SSSR count). The summed E-state index contributed by atoms with van der Waals surface area (Å²) in [7, 11) is 5.64.